The first-order chi connectivity index (χ1) is 8.78. The molecular formula is C12H22N4O2. The van der Waals surface area contributed by atoms with Crippen molar-refractivity contribution >= 4 is 6.01 Å². The molecular weight excluding hydrogens is 232 g/mol. The maximum atomic E-state index is 5.50. The fourth-order valence-electron chi connectivity index (χ4n) is 1.88. The van der Waals surface area contributed by atoms with Gasteiger partial charge in [-0.15, -0.1) is 5.10 Å². The minimum atomic E-state index is 0.396. The number of nitrogens with one attached hydrogen (secondary N) is 2. The maximum Gasteiger partial charge on any atom is 0.315 e. The van der Waals surface area contributed by atoms with Crippen molar-refractivity contribution in [2.75, 3.05) is 25.6 Å². The van der Waals surface area contributed by atoms with Crippen LogP contribution in [0.25, 0.3) is 0 Å². The molecule has 6 nitrogen and oxygen atoms in total. The van der Waals surface area contributed by atoms with Crippen LogP contribution in [0.2, 0.25) is 0 Å². The lowest BCUT2D eigenvalue weighted by molar-refractivity contribution is 0.198. The average molecular weight is 254 g/mol. The molecule has 0 spiro atoms. The second-order valence-electron chi connectivity index (χ2n) is 4.89. The third-order valence-corrected chi connectivity index (χ3v) is 2.98. The van der Waals surface area contributed by atoms with E-state index < -0.39 is 0 Å². The lowest BCUT2D eigenvalue weighted by Crippen LogP contribution is -2.18. The van der Waals surface area contributed by atoms with Crippen molar-refractivity contribution in [2.45, 2.75) is 38.8 Å². The van der Waals surface area contributed by atoms with Gasteiger partial charge in [0.1, 0.15) is 0 Å². The molecule has 6 heteroatoms. The van der Waals surface area contributed by atoms with Gasteiger partial charge >= 0.3 is 6.01 Å². The summed E-state index contributed by atoms with van der Waals surface area (Å²) in [6, 6.07) is 0.916. The molecule has 2 N–H and O–H groups in total. The molecule has 1 fully saturated rings. The summed E-state index contributed by atoms with van der Waals surface area (Å²) in [6.07, 6.45) is 3.92. The van der Waals surface area contributed by atoms with E-state index in [1.807, 2.05) is 0 Å². The summed E-state index contributed by atoms with van der Waals surface area (Å²) in [4.78, 5) is 0. The van der Waals surface area contributed by atoms with Crippen LogP contribution in [0.1, 0.15) is 32.1 Å². The summed E-state index contributed by atoms with van der Waals surface area (Å²) in [5, 5.41) is 14.4. The number of methoxy groups -OCH3 is 1. The van der Waals surface area contributed by atoms with E-state index in [0.717, 1.165) is 12.5 Å². The summed E-state index contributed by atoms with van der Waals surface area (Å²) < 4.78 is 10.4. The average Bonchev–Trinajstić information content (AvgIpc) is 3.04. The van der Waals surface area contributed by atoms with Crippen molar-refractivity contribution < 1.29 is 9.15 Å². The van der Waals surface area contributed by atoms with Crippen molar-refractivity contribution in [3.8, 4) is 0 Å². The Morgan fingerprint density at radius 1 is 1.44 bits per heavy atom. The van der Waals surface area contributed by atoms with Crippen molar-refractivity contribution in [3.63, 3.8) is 0 Å². The van der Waals surface area contributed by atoms with Crippen LogP contribution >= 0.6 is 0 Å². The van der Waals surface area contributed by atoms with E-state index in [1.54, 1.807) is 7.11 Å². The molecule has 0 radical (unpaired) electrons. The summed E-state index contributed by atoms with van der Waals surface area (Å²) in [5.74, 6) is 1.50. The molecule has 1 atom stereocenters. The summed E-state index contributed by atoms with van der Waals surface area (Å²) >= 11 is 0. The van der Waals surface area contributed by atoms with Gasteiger partial charge < -0.3 is 19.8 Å². The van der Waals surface area contributed by atoms with E-state index in [9.17, 15) is 0 Å². The van der Waals surface area contributed by atoms with Crippen molar-refractivity contribution in [1.29, 1.82) is 0 Å². The molecule has 0 amide bonds. The van der Waals surface area contributed by atoms with Gasteiger partial charge in [0.25, 0.3) is 0 Å². The van der Waals surface area contributed by atoms with Crippen LogP contribution in [-0.2, 0) is 11.3 Å². The number of anilines is 1. The van der Waals surface area contributed by atoms with Crippen molar-refractivity contribution in [2.24, 2.45) is 5.92 Å². The molecule has 1 aliphatic carbocycles. The van der Waals surface area contributed by atoms with Crippen LogP contribution < -0.4 is 10.6 Å². The number of hydrogen-bond donors (Lipinski definition) is 2. The zero-order chi connectivity index (χ0) is 12.8. The Bertz CT molecular complexity index is 352. The first-order valence-electron chi connectivity index (χ1n) is 6.56. The lowest BCUT2D eigenvalue weighted by atomic mass is 10.2. The fourth-order valence-corrected chi connectivity index (χ4v) is 1.88. The Morgan fingerprint density at radius 2 is 2.28 bits per heavy atom. The van der Waals surface area contributed by atoms with E-state index in [0.29, 0.717) is 31.1 Å². The topological polar surface area (TPSA) is 72.2 Å². The number of rotatable bonds is 9. The SMILES string of the molecule is COCCNCc1nnc(NC(C)CC2CC2)o1. The lowest BCUT2D eigenvalue weighted by Gasteiger charge is -2.10. The minimum Gasteiger partial charge on any atom is -0.407 e. The first kappa shape index (κ1) is 13.3. The highest BCUT2D eigenvalue weighted by atomic mass is 16.5. The van der Waals surface area contributed by atoms with Gasteiger partial charge in [0, 0.05) is 19.7 Å². The van der Waals surface area contributed by atoms with Gasteiger partial charge in [0.05, 0.1) is 13.2 Å². The Balaban J connectivity index is 1.67. The highest BCUT2D eigenvalue weighted by molar-refractivity contribution is 5.19. The van der Waals surface area contributed by atoms with Crippen LogP contribution in [0, 0.1) is 5.92 Å². The van der Waals surface area contributed by atoms with Crippen LogP contribution in [0.3, 0.4) is 0 Å². The van der Waals surface area contributed by atoms with Gasteiger partial charge in [-0.05, 0) is 19.3 Å². The molecule has 0 aromatic carbocycles. The van der Waals surface area contributed by atoms with E-state index in [2.05, 4.69) is 27.8 Å². The second-order valence-corrected chi connectivity index (χ2v) is 4.89. The Hall–Kier alpha value is -1.14. The highest BCUT2D eigenvalue weighted by Gasteiger charge is 2.24. The summed E-state index contributed by atoms with van der Waals surface area (Å²) in [5.41, 5.74) is 0. The molecule has 1 unspecified atom stereocenters. The smallest absolute Gasteiger partial charge is 0.315 e. The van der Waals surface area contributed by atoms with Crippen LogP contribution in [0.4, 0.5) is 6.01 Å². The predicted molar refractivity (Wildman–Crippen MR) is 68.3 cm³/mol. The number of nitrogens with zero attached hydrogens (tertiary/aromatic N) is 2. The zero-order valence-electron chi connectivity index (χ0n) is 11.1. The van der Waals surface area contributed by atoms with E-state index in [-0.39, 0.29) is 0 Å². The molecule has 0 bridgehead atoms. The van der Waals surface area contributed by atoms with Crippen LogP contribution in [0.5, 0.6) is 0 Å². The van der Waals surface area contributed by atoms with Gasteiger partial charge in [-0.25, -0.2) is 0 Å². The maximum absolute atomic E-state index is 5.50. The molecule has 1 aromatic heterocycles. The van der Waals surface area contributed by atoms with Gasteiger partial charge in [-0.1, -0.05) is 17.9 Å². The molecule has 18 heavy (non-hydrogen) atoms. The molecule has 1 saturated carbocycles. The zero-order valence-corrected chi connectivity index (χ0v) is 11.1. The quantitative estimate of drug-likeness (QED) is 0.649. The van der Waals surface area contributed by atoms with Crippen LogP contribution in [0.15, 0.2) is 4.42 Å². The molecule has 1 aromatic rings. The molecule has 102 valence electrons. The molecule has 2 rings (SSSR count). The van der Waals surface area contributed by atoms with Gasteiger partial charge in [0.15, 0.2) is 0 Å². The first-order valence-corrected chi connectivity index (χ1v) is 6.56. The summed E-state index contributed by atoms with van der Waals surface area (Å²) in [6.45, 7) is 4.19. The second kappa shape index (κ2) is 6.70. The van der Waals surface area contributed by atoms with E-state index in [1.165, 1.54) is 19.3 Å². The Morgan fingerprint density at radius 3 is 3.00 bits per heavy atom. The van der Waals surface area contributed by atoms with E-state index in [4.69, 9.17) is 9.15 Å². The van der Waals surface area contributed by atoms with Gasteiger partial charge in [-0.3, -0.25) is 0 Å². The third kappa shape index (κ3) is 4.62. The largest absolute Gasteiger partial charge is 0.407 e. The molecule has 1 heterocycles. The van der Waals surface area contributed by atoms with Crippen LogP contribution in [-0.4, -0.2) is 36.5 Å². The Labute approximate surface area is 107 Å². The van der Waals surface area contributed by atoms with Crippen molar-refractivity contribution in [1.82, 2.24) is 15.5 Å². The van der Waals surface area contributed by atoms with Crippen molar-refractivity contribution in [3.05, 3.63) is 5.89 Å². The minimum absolute atomic E-state index is 0.396. The standard InChI is InChI=1S/C12H22N4O2/c1-9(7-10-3-4-10)14-12-16-15-11(18-12)8-13-5-6-17-2/h9-10,13H,3-8H2,1-2H3,(H,14,16). The fraction of sp³-hybridized carbons (Fsp3) is 0.833. The monoisotopic (exact) mass is 254 g/mol. The third-order valence-electron chi connectivity index (χ3n) is 2.98. The molecule has 0 aliphatic heterocycles. The number of aromatic nitrogens is 2. The molecule has 0 saturated heterocycles. The van der Waals surface area contributed by atoms with E-state index >= 15 is 0 Å². The molecule has 1 aliphatic rings. The highest BCUT2D eigenvalue weighted by Crippen LogP contribution is 2.33. The predicted octanol–water partition coefficient (Wildman–Crippen LogP) is 1.41. The Kier molecular flexibility index (Phi) is 4.95. The number of ether oxygens (including phenoxy) is 1. The summed E-state index contributed by atoms with van der Waals surface area (Å²) in [7, 11) is 1.68. The normalized spacial score (nSPS) is 16.8. The van der Waals surface area contributed by atoms with Gasteiger partial charge in [-0.2, -0.15) is 0 Å². The number of hydrogen-bond acceptors (Lipinski definition) is 6. The van der Waals surface area contributed by atoms with Gasteiger partial charge in [0.2, 0.25) is 5.89 Å².